The Hall–Kier alpha value is -1.55. The minimum atomic E-state index is 0.186. The average molecular weight is 287 g/mol. The topological polar surface area (TPSA) is 35.6 Å². The molecule has 0 unspecified atom stereocenters. The van der Waals surface area contributed by atoms with Crippen LogP contribution in [0.4, 0.5) is 11.4 Å². The van der Waals surface area contributed by atoms with Crippen molar-refractivity contribution in [2.75, 3.05) is 42.9 Å². The van der Waals surface area contributed by atoms with Crippen LogP contribution >= 0.6 is 0 Å². The summed E-state index contributed by atoms with van der Waals surface area (Å²) in [4.78, 5) is 16.8. The lowest BCUT2D eigenvalue weighted by Gasteiger charge is -2.35. The van der Waals surface area contributed by atoms with E-state index in [1.165, 1.54) is 12.1 Å². The first kappa shape index (κ1) is 14.4. The van der Waals surface area contributed by atoms with Gasteiger partial charge in [0.05, 0.1) is 0 Å². The standard InChI is InChI=1S/C17H25N3O/c1-2-19-10-12-20(13-11-19)16-8-6-15(7-9-16)18-17(21)14-4-3-5-14/h6-9,14H,2-5,10-13H2,1H3,(H,18,21). The van der Waals surface area contributed by atoms with E-state index in [0.29, 0.717) is 0 Å². The van der Waals surface area contributed by atoms with E-state index in [0.717, 1.165) is 51.3 Å². The Morgan fingerprint density at radius 1 is 1.14 bits per heavy atom. The van der Waals surface area contributed by atoms with Gasteiger partial charge in [0.25, 0.3) is 0 Å². The molecule has 0 radical (unpaired) electrons. The third-order valence-electron chi connectivity index (χ3n) is 4.80. The maximum absolute atomic E-state index is 11.9. The lowest BCUT2D eigenvalue weighted by atomic mass is 9.85. The van der Waals surface area contributed by atoms with E-state index >= 15 is 0 Å². The number of likely N-dealkylation sites (N-methyl/N-ethyl adjacent to an activating group) is 1. The molecule has 1 saturated heterocycles. The summed E-state index contributed by atoms with van der Waals surface area (Å²) in [5, 5.41) is 3.02. The second-order valence-electron chi connectivity index (χ2n) is 6.09. The van der Waals surface area contributed by atoms with Crippen LogP contribution in [-0.2, 0) is 4.79 Å². The van der Waals surface area contributed by atoms with E-state index in [4.69, 9.17) is 0 Å². The zero-order valence-corrected chi connectivity index (χ0v) is 12.8. The number of anilines is 2. The van der Waals surface area contributed by atoms with Crippen LogP contribution in [0.15, 0.2) is 24.3 Å². The van der Waals surface area contributed by atoms with Gasteiger partial charge in [0.2, 0.25) is 5.91 Å². The Morgan fingerprint density at radius 2 is 1.81 bits per heavy atom. The summed E-state index contributed by atoms with van der Waals surface area (Å²) in [6.07, 6.45) is 3.29. The van der Waals surface area contributed by atoms with Crippen LogP contribution in [0, 0.1) is 5.92 Å². The van der Waals surface area contributed by atoms with Crippen LogP contribution in [0.25, 0.3) is 0 Å². The Kier molecular flexibility index (Phi) is 4.44. The first-order valence-corrected chi connectivity index (χ1v) is 8.14. The summed E-state index contributed by atoms with van der Waals surface area (Å²) >= 11 is 0. The highest BCUT2D eigenvalue weighted by molar-refractivity contribution is 5.93. The van der Waals surface area contributed by atoms with E-state index in [9.17, 15) is 4.79 Å². The number of carbonyl (C=O) groups excluding carboxylic acids is 1. The number of rotatable bonds is 4. The van der Waals surface area contributed by atoms with Gasteiger partial charge < -0.3 is 15.1 Å². The fraction of sp³-hybridized carbons (Fsp3) is 0.588. The zero-order valence-electron chi connectivity index (χ0n) is 12.8. The predicted octanol–water partition coefficient (Wildman–Crippen LogP) is 2.57. The molecule has 0 spiro atoms. The van der Waals surface area contributed by atoms with Gasteiger partial charge in [-0.25, -0.2) is 0 Å². The molecule has 1 heterocycles. The van der Waals surface area contributed by atoms with Gasteiger partial charge in [-0.3, -0.25) is 4.79 Å². The second kappa shape index (κ2) is 6.48. The molecular weight excluding hydrogens is 262 g/mol. The number of hydrogen-bond donors (Lipinski definition) is 1. The summed E-state index contributed by atoms with van der Waals surface area (Å²) < 4.78 is 0. The molecule has 1 amide bonds. The zero-order chi connectivity index (χ0) is 14.7. The quantitative estimate of drug-likeness (QED) is 0.924. The van der Waals surface area contributed by atoms with Crippen molar-refractivity contribution in [2.24, 2.45) is 5.92 Å². The van der Waals surface area contributed by atoms with Crippen LogP contribution in [0.2, 0.25) is 0 Å². The molecule has 1 saturated carbocycles. The summed E-state index contributed by atoms with van der Waals surface area (Å²) in [5.41, 5.74) is 2.18. The molecule has 3 rings (SSSR count). The largest absolute Gasteiger partial charge is 0.369 e. The van der Waals surface area contributed by atoms with Gasteiger partial charge in [0.15, 0.2) is 0 Å². The molecule has 114 valence electrons. The van der Waals surface area contributed by atoms with E-state index < -0.39 is 0 Å². The fourth-order valence-electron chi connectivity index (χ4n) is 2.99. The van der Waals surface area contributed by atoms with Crippen LogP contribution in [0.5, 0.6) is 0 Å². The van der Waals surface area contributed by atoms with Crippen molar-refractivity contribution in [1.29, 1.82) is 0 Å². The maximum atomic E-state index is 11.9. The third kappa shape index (κ3) is 3.38. The van der Waals surface area contributed by atoms with Gasteiger partial charge in [0.1, 0.15) is 0 Å². The van der Waals surface area contributed by atoms with Crippen LogP contribution in [0.3, 0.4) is 0 Å². The van der Waals surface area contributed by atoms with Gasteiger partial charge in [-0.15, -0.1) is 0 Å². The summed E-state index contributed by atoms with van der Waals surface area (Å²) in [6, 6.07) is 8.30. The summed E-state index contributed by atoms with van der Waals surface area (Å²) in [5.74, 6) is 0.428. The van der Waals surface area contributed by atoms with Crippen molar-refractivity contribution in [3.8, 4) is 0 Å². The number of piperazine rings is 1. The number of hydrogen-bond acceptors (Lipinski definition) is 3. The number of nitrogens with zero attached hydrogens (tertiary/aromatic N) is 2. The van der Waals surface area contributed by atoms with Gasteiger partial charge in [-0.1, -0.05) is 13.3 Å². The van der Waals surface area contributed by atoms with E-state index in [1.807, 2.05) is 12.1 Å². The Labute approximate surface area is 127 Å². The normalized spacial score (nSPS) is 20.1. The number of amides is 1. The van der Waals surface area contributed by atoms with Crippen molar-refractivity contribution < 1.29 is 4.79 Å². The predicted molar refractivity (Wildman–Crippen MR) is 86.7 cm³/mol. The number of benzene rings is 1. The molecule has 1 N–H and O–H groups in total. The van der Waals surface area contributed by atoms with Gasteiger partial charge in [-0.2, -0.15) is 0 Å². The molecular formula is C17H25N3O. The molecule has 2 fully saturated rings. The lowest BCUT2D eigenvalue weighted by molar-refractivity contribution is -0.122. The number of nitrogens with one attached hydrogen (secondary N) is 1. The van der Waals surface area contributed by atoms with E-state index in [2.05, 4.69) is 34.2 Å². The molecule has 1 aliphatic carbocycles. The molecule has 2 aliphatic rings. The van der Waals surface area contributed by atoms with Crippen molar-refractivity contribution in [1.82, 2.24) is 4.90 Å². The van der Waals surface area contributed by atoms with Crippen LogP contribution < -0.4 is 10.2 Å². The maximum Gasteiger partial charge on any atom is 0.227 e. The monoisotopic (exact) mass is 287 g/mol. The molecule has 4 heteroatoms. The smallest absolute Gasteiger partial charge is 0.227 e. The summed E-state index contributed by atoms with van der Waals surface area (Å²) in [7, 11) is 0. The van der Waals surface area contributed by atoms with Crippen LogP contribution in [-0.4, -0.2) is 43.5 Å². The first-order valence-electron chi connectivity index (χ1n) is 8.14. The minimum absolute atomic E-state index is 0.186. The van der Waals surface area contributed by atoms with Gasteiger partial charge in [0, 0.05) is 43.5 Å². The third-order valence-corrected chi connectivity index (χ3v) is 4.80. The highest BCUT2D eigenvalue weighted by Crippen LogP contribution is 2.28. The molecule has 0 atom stereocenters. The molecule has 21 heavy (non-hydrogen) atoms. The van der Waals surface area contributed by atoms with Gasteiger partial charge in [-0.05, 0) is 43.7 Å². The van der Waals surface area contributed by atoms with Gasteiger partial charge >= 0.3 is 0 Å². The first-order chi connectivity index (χ1) is 10.3. The lowest BCUT2D eigenvalue weighted by Crippen LogP contribution is -2.46. The Bertz CT molecular complexity index is 473. The summed E-state index contributed by atoms with van der Waals surface area (Å²) in [6.45, 7) is 7.80. The average Bonchev–Trinajstić information content (AvgIpc) is 2.46. The molecule has 4 nitrogen and oxygen atoms in total. The number of carbonyl (C=O) groups is 1. The van der Waals surface area contributed by atoms with Crippen molar-refractivity contribution in [2.45, 2.75) is 26.2 Å². The molecule has 1 aliphatic heterocycles. The van der Waals surface area contributed by atoms with Crippen LogP contribution in [0.1, 0.15) is 26.2 Å². The van der Waals surface area contributed by atoms with Crippen molar-refractivity contribution in [3.63, 3.8) is 0 Å². The van der Waals surface area contributed by atoms with Crippen molar-refractivity contribution >= 4 is 17.3 Å². The Morgan fingerprint density at radius 3 is 2.33 bits per heavy atom. The SMILES string of the molecule is CCN1CCN(c2ccc(NC(=O)C3CCC3)cc2)CC1. The molecule has 0 aromatic heterocycles. The van der Waals surface area contributed by atoms with E-state index in [-0.39, 0.29) is 11.8 Å². The molecule has 1 aromatic carbocycles. The fourth-order valence-corrected chi connectivity index (χ4v) is 2.99. The highest BCUT2D eigenvalue weighted by atomic mass is 16.1. The van der Waals surface area contributed by atoms with Crippen molar-refractivity contribution in [3.05, 3.63) is 24.3 Å². The second-order valence-corrected chi connectivity index (χ2v) is 6.09. The molecule has 0 bridgehead atoms. The highest BCUT2D eigenvalue weighted by Gasteiger charge is 2.25. The van der Waals surface area contributed by atoms with E-state index in [1.54, 1.807) is 0 Å². The minimum Gasteiger partial charge on any atom is -0.369 e. The molecule has 1 aromatic rings. The Balaban J connectivity index is 1.55.